The number of benzene rings is 2. The average molecular weight is 392 g/mol. The lowest BCUT2D eigenvalue weighted by Crippen LogP contribution is -2.31. The van der Waals surface area contributed by atoms with E-state index in [1.807, 2.05) is 0 Å². The molecule has 0 radical (unpaired) electrons. The Bertz CT molecular complexity index is 1150. The average Bonchev–Trinajstić information content (AvgIpc) is 3.10. The number of hydrogen-bond donors (Lipinski definition) is 3. The zero-order chi connectivity index (χ0) is 20.7. The Morgan fingerprint density at radius 1 is 1.21 bits per heavy atom. The number of nitrogens with zero attached hydrogens (tertiary/aromatic N) is 4. The first-order valence-corrected chi connectivity index (χ1v) is 8.63. The number of primary amides is 1. The van der Waals surface area contributed by atoms with E-state index < -0.39 is 16.9 Å². The molecule has 1 aromatic heterocycles. The third-order valence-corrected chi connectivity index (χ3v) is 4.66. The van der Waals surface area contributed by atoms with Gasteiger partial charge in [0.2, 0.25) is 11.9 Å². The third kappa shape index (κ3) is 3.16. The second-order valence-corrected chi connectivity index (χ2v) is 6.53. The molecule has 0 bridgehead atoms. The Hall–Kier alpha value is -4.21. The van der Waals surface area contributed by atoms with Gasteiger partial charge in [0.25, 0.3) is 5.69 Å². The number of nitrogens with two attached hydrogens (primary N) is 1. The largest absolute Gasteiger partial charge is 0.508 e. The molecule has 1 aliphatic rings. The van der Waals surface area contributed by atoms with Gasteiger partial charge in [-0.1, -0.05) is 0 Å². The number of phenols is 1. The fourth-order valence-electron chi connectivity index (χ4n) is 3.29. The minimum absolute atomic E-state index is 0.0624. The van der Waals surface area contributed by atoms with Gasteiger partial charge in [0.05, 0.1) is 10.5 Å². The maximum atomic E-state index is 12.2. The van der Waals surface area contributed by atoms with Crippen molar-refractivity contribution in [2.75, 3.05) is 5.32 Å². The highest BCUT2D eigenvalue weighted by molar-refractivity contribution is 5.95. The van der Waals surface area contributed by atoms with Crippen LogP contribution in [0.15, 0.2) is 59.8 Å². The van der Waals surface area contributed by atoms with E-state index in [2.05, 4.69) is 15.4 Å². The number of phenolic OH excluding ortho intramolecular Hbond substituents is 1. The highest BCUT2D eigenvalue weighted by Gasteiger charge is 2.33. The molecule has 1 aliphatic heterocycles. The van der Waals surface area contributed by atoms with Crippen molar-refractivity contribution in [3.8, 4) is 17.1 Å². The molecule has 1 amide bonds. The monoisotopic (exact) mass is 392 g/mol. The number of carbonyl (C=O) groups is 1. The number of nitro benzene ring substituents is 1. The fourth-order valence-corrected chi connectivity index (χ4v) is 3.29. The van der Waals surface area contributed by atoms with Gasteiger partial charge < -0.3 is 16.2 Å². The van der Waals surface area contributed by atoms with Gasteiger partial charge in [-0.15, -0.1) is 5.10 Å². The number of carbonyl (C=O) groups excluding carboxylic acids is 1. The summed E-state index contributed by atoms with van der Waals surface area (Å²) in [5, 5.41) is 28.0. The highest BCUT2D eigenvalue weighted by atomic mass is 16.6. The van der Waals surface area contributed by atoms with E-state index >= 15 is 0 Å². The van der Waals surface area contributed by atoms with Gasteiger partial charge in [-0.2, -0.15) is 4.98 Å². The topological polar surface area (TPSA) is 149 Å². The van der Waals surface area contributed by atoms with Crippen molar-refractivity contribution in [1.29, 1.82) is 0 Å². The standard InChI is InChI=1S/C19H16N6O4/c1-10-15(17(20)27)16(11-2-6-13(7-3-11)25(28)29)24-19(21-10)22-18(23-24)12-4-8-14(26)9-5-12/h2-9,16,26H,1H3,(H2,20,27)(H,21,22,23). The number of fused-ring (bicyclic) bond motifs is 1. The SMILES string of the molecule is CC1=C(C(N)=O)C(c2ccc([N+](=O)[O-])cc2)n2nc(-c3ccc(O)cc3)nc2N1. The quantitative estimate of drug-likeness (QED) is 0.455. The summed E-state index contributed by atoms with van der Waals surface area (Å²) in [6.07, 6.45) is 0. The van der Waals surface area contributed by atoms with Crippen molar-refractivity contribution >= 4 is 17.5 Å². The molecule has 1 unspecified atom stereocenters. The number of non-ortho nitro benzene ring substituents is 1. The molecule has 146 valence electrons. The minimum atomic E-state index is -0.692. The fraction of sp³-hybridized carbons (Fsp3) is 0.105. The van der Waals surface area contributed by atoms with Crippen molar-refractivity contribution in [3.63, 3.8) is 0 Å². The molecule has 10 nitrogen and oxygen atoms in total. The maximum Gasteiger partial charge on any atom is 0.269 e. The molecular weight excluding hydrogens is 376 g/mol. The Morgan fingerprint density at radius 2 is 1.86 bits per heavy atom. The molecule has 2 heterocycles. The van der Waals surface area contributed by atoms with Crippen LogP contribution in [0, 0.1) is 10.1 Å². The Balaban J connectivity index is 1.84. The van der Waals surface area contributed by atoms with Crippen molar-refractivity contribution in [2.45, 2.75) is 13.0 Å². The van der Waals surface area contributed by atoms with E-state index in [-0.39, 0.29) is 17.0 Å². The van der Waals surface area contributed by atoms with Gasteiger partial charge in [0.15, 0.2) is 5.82 Å². The minimum Gasteiger partial charge on any atom is -0.508 e. The number of aromatic hydroxyl groups is 1. The molecule has 2 aromatic carbocycles. The lowest BCUT2D eigenvalue weighted by Gasteiger charge is -2.27. The van der Waals surface area contributed by atoms with E-state index in [9.17, 15) is 20.0 Å². The van der Waals surface area contributed by atoms with Gasteiger partial charge in [0.1, 0.15) is 11.8 Å². The first kappa shape index (κ1) is 18.2. The molecule has 0 saturated carbocycles. The van der Waals surface area contributed by atoms with Crippen LogP contribution in [0.5, 0.6) is 5.75 Å². The molecule has 0 spiro atoms. The van der Waals surface area contributed by atoms with Crippen LogP contribution < -0.4 is 11.1 Å². The van der Waals surface area contributed by atoms with E-state index in [0.717, 1.165) is 0 Å². The predicted octanol–water partition coefficient (Wildman–Crippen LogP) is 2.33. The van der Waals surface area contributed by atoms with Crippen LogP contribution in [-0.2, 0) is 4.79 Å². The Morgan fingerprint density at radius 3 is 2.45 bits per heavy atom. The van der Waals surface area contributed by atoms with Crippen molar-refractivity contribution in [3.05, 3.63) is 75.5 Å². The van der Waals surface area contributed by atoms with Crippen molar-refractivity contribution < 1.29 is 14.8 Å². The summed E-state index contributed by atoms with van der Waals surface area (Å²) in [5.41, 5.74) is 7.65. The van der Waals surface area contributed by atoms with Crippen LogP contribution in [0.1, 0.15) is 18.5 Å². The number of allylic oxidation sites excluding steroid dienone is 1. The molecule has 1 atom stereocenters. The summed E-state index contributed by atoms with van der Waals surface area (Å²) in [4.78, 5) is 27.1. The van der Waals surface area contributed by atoms with E-state index in [1.54, 1.807) is 31.2 Å². The lowest BCUT2D eigenvalue weighted by molar-refractivity contribution is -0.384. The van der Waals surface area contributed by atoms with Crippen LogP contribution in [0.25, 0.3) is 11.4 Å². The second-order valence-electron chi connectivity index (χ2n) is 6.53. The first-order chi connectivity index (χ1) is 13.8. The molecule has 0 fully saturated rings. The first-order valence-electron chi connectivity index (χ1n) is 8.63. The zero-order valence-electron chi connectivity index (χ0n) is 15.2. The smallest absolute Gasteiger partial charge is 0.269 e. The molecule has 3 aromatic rings. The number of nitrogens with one attached hydrogen (secondary N) is 1. The van der Waals surface area contributed by atoms with Gasteiger partial charge >= 0.3 is 0 Å². The molecule has 4 rings (SSSR count). The van der Waals surface area contributed by atoms with Gasteiger partial charge in [-0.3, -0.25) is 14.9 Å². The normalized spacial score (nSPS) is 15.6. The van der Waals surface area contributed by atoms with E-state index in [4.69, 9.17) is 5.73 Å². The lowest BCUT2D eigenvalue weighted by atomic mass is 9.95. The van der Waals surface area contributed by atoms with E-state index in [0.29, 0.717) is 28.6 Å². The van der Waals surface area contributed by atoms with Crippen LogP contribution in [0.3, 0.4) is 0 Å². The van der Waals surface area contributed by atoms with Crippen molar-refractivity contribution in [1.82, 2.24) is 14.8 Å². The number of nitro groups is 1. The summed E-state index contributed by atoms with van der Waals surface area (Å²) in [6, 6.07) is 11.6. The highest BCUT2D eigenvalue weighted by Crippen LogP contribution is 2.36. The summed E-state index contributed by atoms with van der Waals surface area (Å²) in [7, 11) is 0. The molecule has 0 saturated heterocycles. The Kier molecular flexibility index (Phi) is 4.23. The molecule has 4 N–H and O–H groups in total. The number of hydrogen-bond acceptors (Lipinski definition) is 7. The molecule has 10 heteroatoms. The van der Waals surface area contributed by atoms with Gasteiger partial charge in [-0.05, 0) is 48.9 Å². The van der Waals surface area contributed by atoms with E-state index in [1.165, 1.54) is 28.9 Å². The summed E-state index contributed by atoms with van der Waals surface area (Å²) < 4.78 is 1.52. The number of rotatable bonds is 4. The van der Waals surface area contributed by atoms with Crippen molar-refractivity contribution in [2.24, 2.45) is 5.73 Å². The second kappa shape index (κ2) is 6.75. The molecule has 0 aliphatic carbocycles. The summed E-state index contributed by atoms with van der Waals surface area (Å²) in [5.74, 6) is 0.274. The third-order valence-electron chi connectivity index (χ3n) is 4.66. The number of aromatic nitrogens is 3. The number of anilines is 1. The summed E-state index contributed by atoms with van der Waals surface area (Å²) in [6.45, 7) is 1.71. The maximum absolute atomic E-state index is 12.2. The van der Waals surface area contributed by atoms with Gasteiger partial charge in [-0.25, -0.2) is 4.68 Å². The Labute approximate surface area is 164 Å². The van der Waals surface area contributed by atoms with Crippen LogP contribution in [-0.4, -0.2) is 30.7 Å². The zero-order valence-corrected chi connectivity index (χ0v) is 15.2. The molecule has 29 heavy (non-hydrogen) atoms. The van der Waals surface area contributed by atoms with Crippen LogP contribution in [0.2, 0.25) is 0 Å². The van der Waals surface area contributed by atoms with Crippen LogP contribution >= 0.6 is 0 Å². The number of amides is 1. The van der Waals surface area contributed by atoms with Gasteiger partial charge in [0, 0.05) is 23.4 Å². The van der Waals surface area contributed by atoms with Crippen LogP contribution in [0.4, 0.5) is 11.6 Å². The predicted molar refractivity (Wildman–Crippen MR) is 104 cm³/mol. The summed E-state index contributed by atoms with van der Waals surface area (Å²) >= 11 is 0. The molecular formula is C19H16N6O4.